The first kappa shape index (κ1) is 22.0. The number of hydrogen-bond acceptors (Lipinski definition) is 3. The second-order valence-corrected chi connectivity index (χ2v) is 8.52. The molecule has 0 bridgehead atoms. The van der Waals surface area contributed by atoms with Crippen LogP contribution in [0.2, 0.25) is 0 Å². The van der Waals surface area contributed by atoms with E-state index in [1.165, 1.54) is 30.2 Å². The summed E-state index contributed by atoms with van der Waals surface area (Å²) < 4.78 is 19.3. The highest BCUT2D eigenvalue weighted by atomic mass is 19.1. The molecular weight excluding hydrogens is 403 g/mol. The minimum absolute atomic E-state index is 0.256. The minimum atomic E-state index is -0.458. The van der Waals surface area contributed by atoms with E-state index in [-0.39, 0.29) is 5.82 Å². The molecule has 0 aliphatic carbocycles. The van der Waals surface area contributed by atoms with E-state index in [9.17, 15) is 9.18 Å². The predicted octanol–water partition coefficient (Wildman–Crippen LogP) is 5.91. The largest absolute Gasteiger partial charge is 0.466 e. The van der Waals surface area contributed by atoms with Crippen molar-refractivity contribution in [2.75, 3.05) is 20.2 Å². The van der Waals surface area contributed by atoms with E-state index < -0.39 is 5.97 Å². The fraction of sp³-hybridized carbons (Fsp3) is 0.296. The Bertz CT molecular complexity index is 1180. The third-order valence-corrected chi connectivity index (χ3v) is 6.17. The Morgan fingerprint density at radius 3 is 2.88 bits per heavy atom. The first-order valence-corrected chi connectivity index (χ1v) is 11.0. The maximum atomic E-state index is 14.8. The van der Waals surface area contributed by atoms with Gasteiger partial charge in [-0.15, -0.1) is 0 Å². The number of methoxy groups -OCH3 is 1. The second-order valence-electron chi connectivity index (χ2n) is 8.52. The Hall–Kier alpha value is -3.18. The molecule has 2 aromatic carbocycles. The molecule has 1 N–H and O–H groups in total. The Kier molecular flexibility index (Phi) is 6.56. The van der Waals surface area contributed by atoms with Crippen molar-refractivity contribution in [1.82, 2.24) is 9.88 Å². The lowest BCUT2D eigenvalue weighted by molar-refractivity contribution is -0.134. The van der Waals surface area contributed by atoms with Crippen molar-refractivity contribution in [1.29, 1.82) is 0 Å². The number of halogens is 1. The van der Waals surface area contributed by atoms with Crippen LogP contribution in [0, 0.1) is 5.82 Å². The average Bonchev–Trinajstić information content (AvgIpc) is 3.19. The molecule has 4 rings (SSSR count). The molecule has 0 amide bonds. The molecule has 1 unspecified atom stereocenters. The molecule has 1 aromatic heterocycles. The first-order chi connectivity index (χ1) is 15.5. The number of piperidine rings is 1. The second kappa shape index (κ2) is 9.53. The summed E-state index contributed by atoms with van der Waals surface area (Å²) in [7, 11) is 1.32. The van der Waals surface area contributed by atoms with Crippen LogP contribution < -0.4 is 0 Å². The zero-order valence-corrected chi connectivity index (χ0v) is 18.7. The maximum absolute atomic E-state index is 14.8. The van der Waals surface area contributed by atoms with Crippen LogP contribution in [0.15, 0.2) is 55.1 Å². The molecule has 1 fully saturated rings. The molecule has 0 saturated carbocycles. The van der Waals surface area contributed by atoms with Crippen molar-refractivity contribution in [3.63, 3.8) is 0 Å². The molecule has 32 heavy (non-hydrogen) atoms. The molecule has 5 heteroatoms. The molecule has 3 aromatic rings. The smallest absolute Gasteiger partial charge is 0.330 e. The van der Waals surface area contributed by atoms with Crippen LogP contribution in [-0.2, 0) is 16.1 Å². The topological polar surface area (TPSA) is 45.3 Å². The zero-order valence-electron chi connectivity index (χ0n) is 18.7. The third-order valence-electron chi connectivity index (χ3n) is 6.17. The molecule has 0 spiro atoms. The van der Waals surface area contributed by atoms with E-state index in [0.29, 0.717) is 23.6 Å². The van der Waals surface area contributed by atoms with Crippen LogP contribution in [-0.4, -0.2) is 36.1 Å². The van der Waals surface area contributed by atoms with Crippen LogP contribution in [0.4, 0.5) is 4.39 Å². The molecule has 166 valence electrons. The van der Waals surface area contributed by atoms with Gasteiger partial charge in [0.1, 0.15) is 5.82 Å². The number of rotatable bonds is 6. The third kappa shape index (κ3) is 4.68. The Morgan fingerprint density at radius 1 is 1.31 bits per heavy atom. The summed E-state index contributed by atoms with van der Waals surface area (Å²) in [6.07, 6.45) is 5.04. The molecule has 1 aliphatic heterocycles. The number of H-pyrrole nitrogens is 1. The van der Waals surface area contributed by atoms with Gasteiger partial charge in [0.2, 0.25) is 0 Å². The lowest BCUT2D eigenvalue weighted by Gasteiger charge is -2.33. The quantitative estimate of drug-likeness (QED) is 0.389. The Balaban J connectivity index is 1.53. The van der Waals surface area contributed by atoms with Crippen LogP contribution in [0.1, 0.15) is 48.1 Å². The lowest BCUT2D eigenvalue weighted by Crippen LogP contribution is -2.34. The number of fused-ring (bicyclic) bond motifs is 1. The van der Waals surface area contributed by atoms with E-state index in [1.807, 2.05) is 19.1 Å². The van der Waals surface area contributed by atoms with E-state index in [2.05, 4.69) is 39.4 Å². The first-order valence-electron chi connectivity index (χ1n) is 11.0. The zero-order chi connectivity index (χ0) is 22.7. The van der Waals surface area contributed by atoms with E-state index in [1.54, 1.807) is 12.1 Å². The van der Waals surface area contributed by atoms with Gasteiger partial charge in [-0.3, -0.25) is 4.90 Å². The van der Waals surface area contributed by atoms with Crippen molar-refractivity contribution < 1.29 is 13.9 Å². The summed E-state index contributed by atoms with van der Waals surface area (Å²) in [6, 6.07) is 13.5. The standard InChI is InChI=1S/C27H29FN2O2/c1-18(2)27-26(22-8-4-5-9-24(22)29-27)21-7-6-14-30(17-21)16-20-12-10-19(15-23(20)28)11-13-25(31)32-3/h4-5,8-13,15,21,29H,1,6-7,14,16-17H2,2-3H3/b13-11+. The monoisotopic (exact) mass is 432 g/mol. The normalized spacial score (nSPS) is 17.2. The Labute approximate surface area is 188 Å². The molecule has 1 saturated heterocycles. The minimum Gasteiger partial charge on any atom is -0.466 e. The van der Waals surface area contributed by atoms with E-state index >= 15 is 0 Å². The van der Waals surface area contributed by atoms with E-state index in [0.717, 1.165) is 42.7 Å². The lowest BCUT2D eigenvalue weighted by atomic mass is 9.87. The maximum Gasteiger partial charge on any atom is 0.330 e. The number of likely N-dealkylation sites (tertiary alicyclic amines) is 1. The molecular formula is C27H29FN2O2. The summed E-state index contributed by atoms with van der Waals surface area (Å²) in [6.45, 7) is 8.62. The van der Waals surface area contributed by atoms with Crippen molar-refractivity contribution in [3.05, 3.63) is 83.3 Å². The van der Waals surface area contributed by atoms with Crippen molar-refractivity contribution >= 4 is 28.5 Å². The number of ether oxygens (including phenoxy) is 1. The number of carbonyl (C=O) groups excluding carboxylic acids is 1. The summed E-state index contributed by atoms with van der Waals surface area (Å²) >= 11 is 0. The van der Waals surface area contributed by atoms with Gasteiger partial charge in [-0.2, -0.15) is 0 Å². The number of hydrogen-bond donors (Lipinski definition) is 1. The fourth-order valence-corrected chi connectivity index (χ4v) is 4.63. The highest BCUT2D eigenvalue weighted by molar-refractivity contribution is 5.89. The van der Waals surface area contributed by atoms with Crippen LogP contribution in [0.25, 0.3) is 22.6 Å². The molecule has 4 nitrogen and oxygen atoms in total. The average molecular weight is 433 g/mol. The number of para-hydroxylation sites is 1. The van der Waals surface area contributed by atoms with Crippen LogP contribution in [0.5, 0.6) is 0 Å². The fourth-order valence-electron chi connectivity index (χ4n) is 4.63. The number of esters is 1. The van der Waals surface area contributed by atoms with Crippen LogP contribution in [0.3, 0.4) is 0 Å². The summed E-state index contributed by atoms with van der Waals surface area (Å²) in [4.78, 5) is 17.1. The van der Waals surface area contributed by atoms with Crippen molar-refractivity contribution in [2.45, 2.75) is 32.2 Å². The summed E-state index contributed by atoms with van der Waals surface area (Å²) in [5.74, 6) is -0.342. The highest BCUT2D eigenvalue weighted by Gasteiger charge is 2.27. The van der Waals surface area contributed by atoms with Gasteiger partial charge < -0.3 is 9.72 Å². The number of aromatic nitrogens is 1. The van der Waals surface area contributed by atoms with Crippen molar-refractivity contribution in [3.8, 4) is 0 Å². The predicted molar refractivity (Wildman–Crippen MR) is 128 cm³/mol. The number of carbonyl (C=O) groups is 1. The molecule has 1 aliphatic rings. The van der Waals surface area contributed by atoms with E-state index in [4.69, 9.17) is 0 Å². The van der Waals surface area contributed by atoms with Gasteiger partial charge in [-0.05, 0) is 67.1 Å². The number of benzene rings is 2. The number of aromatic amines is 1. The van der Waals surface area contributed by atoms with Gasteiger partial charge in [0, 0.05) is 41.3 Å². The SMILES string of the molecule is C=C(C)c1[nH]c2ccccc2c1C1CCCN(Cc2ccc(/C=C/C(=O)OC)cc2F)C1. The number of allylic oxidation sites excluding steroid dienone is 1. The molecule has 1 atom stereocenters. The van der Waals surface area contributed by atoms with Crippen LogP contribution >= 0.6 is 0 Å². The summed E-state index contributed by atoms with van der Waals surface area (Å²) in [5, 5.41) is 1.25. The van der Waals surface area contributed by atoms with Crippen molar-refractivity contribution in [2.24, 2.45) is 0 Å². The Morgan fingerprint density at radius 2 is 2.12 bits per heavy atom. The molecule has 2 heterocycles. The summed E-state index contributed by atoms with van der Waals surface area (Å²) in [5.41, 5.74) is 5.94. The van der Waals surface area contributed by atoms with Gasteiger partial charge >= 0.3 is 5.97 Å². The molecule has 0 radical (unpaired) electrons. The highest BCUT2D eigenvalue weighted by Crippen LogP contribution is 2.37. The van der Waals surface area contributed by atoms with Gasteiger partial charge in [-0.25, -0.2) is 9.18 Å². The number of nitrogens with zero attached hydrogens (tertiary/aromatic N) is 1. The van der Waals surface area contributed by atoms with Gasteiger partial charge in [-0.1, -0.05) is 36.9 Å². The van der Waals surface area contributed by atoms with Gasteiger partial charge in [0.05, 0.1) is 7.11 Å². The van der Waals surface area contributed by atoms with Gasteiger partial charge in [0.15, 0.2) is 0 Å². The van der Waals surface area contributed by atoms with Gasteiger partial charge in [0.25, 0.3) is 0 Å². The number of nitrogens with one attached hydrogen (secondary N) is 1.